The summed E-state index contributed by atoms with van der Waals surface area (Å²) in [6.07, 6.45) is 6.04. The normalized spacial score (nSPS) is 20.6. The molecule has 0 aliphatic heterocycles. The second-order valence-electron chi connectivity index (χ2n) is 6.39. The van der Waals surface area contributed by atoms with E-state index in [0.717, 1.165) is 12.0 Å². The molecule has 128 valence electrons. The van der Waals surface area contributed by atoms with E-state index in [2.05, 4.69) is 17.1 Å². The highest BCUT2D eigenvalue weighted by atomic mass is 16.5. The Bertz CT molecular complexity index is 655. The van der Waals surface area contributed by atoms with Crippen LogP contribution < -0.4 is 4.74 Å². The van der Waals surface area contributed by atoms with Crippen LogP contribution in [0.3, 0.4) is 0 Å². The molecule has 1 fully saturated rings. The van der Waals surface area contributed by atoms with Gasteiger partial charge in [-0.1, -0.05) is 19.8 Å². The quantitative estimate of drug-likeness (QED) is 0.843. The Morgan fingerprint density at radius 1 is 1.29 bits per heavy atom. The summed E-state index contributed by atoms with van der Waals surface area (Å²) in [6, 6.07) is 7.60. The molecule has 0 unspecified atom stereocenters. The van der Waals surface area contributed by atoms with Gasteiger partial charge in [0.15, 0.2) is 6.61 Å². The van der Waals surface area contributed by atoms with Gasteiger partial charge >= 0.3 is 0 Å². The Labute approximate surface area is 141 Å². The van der Waals surface area contributed by atoms with Gasteiger partial charge in [-0.15, -0.1) is 10.2 Å². The number of rotatable bonds is 5. The van der Waals surface area contributed by atoms with Crippen molar-refractivity contribution in [2.24, 2.45) is 5.92 Å². The van der Waals surface area contributed by atoms with Gasteiger partial charge in [0.2, 0.25) is 12.3 Å². The molecule has 0 radical (unpaired) electrons. The molecule has 0 spiro atoms. The number of carbonyl (C=O) groups excluding carboxylic acids is 1. The summed E-state index contributed by atoms with van der Waals surface area (Å²) < 4.78 is 10.8. The van der Waals surface area contributed by atoms with Crippen molar-refractivity contribution in [3.8, 4) is 17.2 Å². The van der Waals surface area contributed by atoms with Gasteiger partial charge in [-0.3, -0.25) is 4.79 Å². The minimum absolute atomic E-state index is 0.0229. The standard InChI is InChI=1S/C18H23N3O3/c1-13-5-3-4-6-16(13)21(2)17(22)11-23-15-9-7-14(8-10-15)18-20-19-12-24-18/h7-10,12-13,16H,3-6,11H2,1-2H3/t13-,16+/m0/s1. The molecule has 1 amide bonds. The molecule has 1 aromatic carbocycles. The third kappa shape index (κ3) is 3.75. The van der Waals surface area contributed by atoms with Gasteiger partial charge in [0.05, 0.1) is 0 Å². The van der Waals surface area contributed by atoms with Crippen LogP contribution in [0.4, 0.5) is 0 Å². The van der Waals surface area contributed by atoms with Crippen LogP contribution in [0.25, 0.3) is 11.5 Å². The maximum atomic E-state index is 12.4. The van der Waals surface area contributed by atoms with E-state index < -0.39 is 0 Å². The van der Waals surface area contributed by atoms with Crippen LogP contribution in [0.1, 0.15) is 32.6 Å². The summed E-state index contributed by atoms with van der Waals surface area (Å²) in [5.41, 5.74) is 0.819. The lowest BCUT2D eigenvalue weighted by Crippen LogP contribution is -2.44. The van der Waals surface area contributed by atoms with Gasteiger partial charge < -0.3 is 14.1 Å². The highest BCUT2D eigenvalue weighted by Crippen LogP contribution is 2.27. The molecule has 0 saturated heterocycles. The Morgan fingerprint density at radius 2 is 2.04 bits per heavy atom. The molecule has 6 heteroatoms. The number of benzene rings is 1. The van der Waals surface area contributed by atoms with Crippen LogP contribution in [0.5, 0.6) is 5.75 Å². The Morgan fingerprint density at radius 3 is 2.71 bits per heavy atom. The van der Waals surface area contributed by atoms with Crippen LogP contribution in [0.15, 0.2) is 35.1 Å². The van der Waals surface area contributed by atoms with E-state index in [1.165, 1.54) is 25.7 Å². The third-order valence-corrected chi connectivity index (χ3v) is 4.78. The molecule has 0 N–H and O–H groups in total. The fourth-order valence-electron chi connectivity index (χ4n) is 3.30. The van der Waals surface area contributed by atoms with E-state index in [9.17, 15) is 4.79 Å². The van der Waals surface area contributed by atoms with Gasteiger partial charge in [0.25, 0.3) is 5.91 Å². The van der Waals surface area contributed by atoms with Crippen molar-refractivity contribution in [1.29, 1.82) is 0 Å². The number of aromatic nitrogens is 2. The van der Waals surface area contributed by atoms with Crippen LogP contribution in [-0.2, 0) is 4.79 Å². The van der Waals surface area contributed by atoms with Crippen LogP contribution in [-0.4, -0.2) is 40.7 Å². The largest absolute Gasteiger partial charge is 0.484 e. The summed E-state index contributed by atoms with van der Waals surface area (Å²) in [5.74, 6) is 1.69. The van der Waals surface area contributed by atoms with E-state index in [0.29, 0.717) is 23.6 Å². The van der Waals surface area contributed by atoms with Gasteiger partial charge in [0.1, 0.15) is 5.75 Å². The number of carbonyl (C=O) groups is 1. The first-order valence-electron chi connectivity index (χ1n) is 8.40. The SMILES string of the molecule is C[C@H]1CCCC[C@H]1N(C)C(=O)COc1ccc(-c2nnco2)cc1. The van der Waals surface area contributed by atoms with Crippen LogP contribution >= 0.6 is 0 Å². The van der Waals surface area contributed by atoms with Gasteiger partial charge in [-0.05, 0) is 43.0 Å². The van der Waals surface area contributed by atoms with Gasteiger partial charge in [-0.2, -0.15) is 0 Å². The average molecular weight is 329 g/mol. The third-order valence-electron chi connectivity index (χ3n) is 4.78. The number of ether oxygens (including phenoxy) is 1. The highest BCUT2D eigenvalue weighted by Gasteiger charge is 2.27. The highest BCUT2D eigenvalue weighted by molar-refractivity contribution is 5.77. The molecule has 24 heavy (non-hydrogen) atoms. The van der Waals surface area contributed by atoms with Crippen molar-refractivity contribution in [3.63, 3.8) is 0 Å². The lowest BCUT2D eigenvalue weighted by atomic mass is 9.85. The molecule has 3 rings (SSSR count). The minimum atomic E-state index is 0.0229. The van der Waals surface area contributed by atoms with E-state index in [1.807, 2.05) is 24.1 Å². The van der Waals surface area contributed by atoms with Crippen molar-refractivity contribution in [3.05, 3.63) is 30.7 Å². The second kappa shape index (κ2) is 7.47. The number of hydrogen-bond donors (Lipinski definition) is 0. The first-order valence-corrected chi connectivity index (χ1v) is 8.40. The predicted octanol–water partition coefficient (Wildman–Crippen LogP) is 3.15. The lowest BCUT2D eigenvalue weighted by molar-refractivity contribution is -0.135. The van der Waals surface area contributed by atoms with E-state index in [-0.39, 0.29) is 12.5 Å². The zero-order valence-electron chi connectivity index (χ0n) is 14.1. The molecule has 0 bridgehead atoms. The molecule has 1 heterocycles. The van der Waals surface area contributed by atoms with Gasteiger partial charge in [-0.25, -0.2) is 0 Å². The zero-order chi connectivity index (χ0) is 16.9. The van der Waals surface area contributed by atoms with E-state index in [1.54, 1.807) is 12.1 Å². The first-order chi connectivity index (χ1) is 11.6. The summed E-state index contributed by atoms with van der Waals surface area (Å²) in [4.78, 5) is 14.2. The lowest BCUT2D eigenvalue weighted by Gasteiger charge is -2.36. The average Bonchev–Trinajstić information content (AvgIpc) is 3.14. The summed E-state index contributed by atoms with van der Waals surface area (Å²) in [6.45, 7) is 2.28. The van der Waals surface area contributed by atoms with E-state index >= 15 is 0 Å². The first kappa shape index (κ1) is 16.5. The van der Waals surface area contributed by atoms with E-state index in [4.69, 9.17) is 9.15 Å². The topological polar surface area (TPSA) is 68.5 Å². The van der Waals surface area contributed by atoms with Crippen molar-refractivity contribution in [2.45, 2.75) is 38.6 Å². The fraction of sp³-hybridized carbons (Fsp3) is 0.500. The fourth-order valence-corrected chi connectivity index (χ4v) is 3.30. The molecule has 2 atom stereocenters. The summed E-state index contributed by atoms with van der Waals surface area (Å²) >= 11 is 0. The maximum Gasteiger partial charge on any atom is 0.260 e. The maximum absolute atomic E-state index is 12.4. The van der Waals surface area contributed by atoms with Crippen molar-refractivity contribution < 1.29 is 13.9 Å². The summed E-state index contributed by atoms with van der Waals surface area (Å²) in [7, 11) is 1.89. The van der Waals surface area contributed by atoms with Crippen molar-refractivity contribution in [2.75, 3.05) is 13.7 Å². The Kier molecular flexibility index (Phi) is 5.13. The second-order valence-corrected chi connectivity index (χ2v) is 6.39. The molecular formula is C18H23N3O3. The molecule has 1 aliphatic carbocycles. The smallest absolute Gasteiger partial charge is 0.260 e. The van der Waals surface area contributed by atoms with Crippen molar-refractivity contribution >= 4 is 5.91 Å². The van der Waals surface area contributed by atoms with Crippen LogP contribution in [0.2, 0.25) is 0 Å². The number of hydrogen-bond acceptors (Lipinski definition) is 5. The molecular weight excluding hydrogens is 306 g/mol. The Balaban J connectivity index is 1.54. The summed E-state index contributed by atoms with van der Waals surface area (Å²) in [5, 5.41) is 7.51. The van der Waals surface area contributed by atoms with Gasteiger partial charge in [0, 0.05) is 18.7 Å². The van der Waals surface area contributed by atoms with Crippen molar-refractivity contribution in [1.82, 2.24) is 15.1 Å². The monoisotopic (exact) mass is 329 g/mol. The van der Waals surface area contributed by atoms with Crippen LogP contribution in [0, 0.1) is 5.92 Å². The molecule has 6 nitrogen and oxygen atoms in total. The molecule has 1 saturated carbocycles. The Hall–Kier alpha value is -2.37. The molecule has 2 aromatic rings. The minimum Gasteiger partial charge on any atom is -0.484 e. The zero-order valence-corrected chi connectivity index (χ0v) is 14.1. The number of amides is 1. The number of nitrogens with zero attached hydrogens (tertiary/aromatic N) is 3. The molecule has 1 aromatic heterocycles. The number of likely N-dealkylation sites (N-methyl/N-ethyl adjacent to an activating group) is 1. The molecule has 1 aliphatic rings. The predicted molar refractivity (Wildman–Crippen MR) is 89.4 cm³/mol.